The molecule has 2 N–H and O–H groups in total. The molecule has 0 radical (unpaired) electrons. The summed E-state index contributed by atoms with van der Waals surface area (Å²) in [6.07, 6.45) is 1.55. The molecule has 0 unspecified atom stereocenters. The molecule has 0 aliphatic carbocycles. The summed E-state index contributed by atoms with van der Waals surface area (Å²) in [5, 5.41) is 18.8. The number of amides is 2. The zero-order valence-corrected chi connectivity index (χ0v) is 9.04. The lowest BCUT2D eigenvalue weighted by Crippen LogP contribution is -2.56. The lowest BCUT2D eigenvalue weighted by atomic mass is 10.0. The first-order chi connectivity index (χ1) is 8.16. The van der Waals surface area contributed by atoms with E-state index in [1.165, 1.54) is 4.90 Å². The Balaban J connectivity index is 1.74. The summed E-state index contributed by atoms with van der Waals surface area (Å²) in [6.45, 7) is 0.824. The van der Waals surface area contributed by atoms with Gasteiger partial charge in [0.15, 0.2) is 0 Å². The van der Waals surface area contributed by atoms with Crippen molar-refractivity contribution in [2.45, 2.75) is 6.54 Å². The van der Waals surface area contributed by atoms with Crippen molar-refractivity contribution in [1.29, 1.82) is 0 Å². The number of nitrogens with one attached hydrogen (secondary N) is 1. The van der Waals surface area contributed by atoms with Crippen LogP contribution in [0.5, 0.6) is 0 Å². The number of carboxylic acids is 1. The van der Waals surface area contributed by atoms with E-state index in [9.17, 15) is 9.59 Å². The average Bonchev–Trinajstić information content (AvgIpc) is 2.25. The Kier molecular flexibility index (Phi) is 3.17. The summed E-state index contributed by atoms with van der Waals surface area (Å²) in [5.74, 6) is -1.29. The summed E-state index contributed by atoms with van der Waals surface area (Å²) in [4.78, 5) is 23.5. The van der Waals surface area contributed by atoms with Crippen LogP contribution in [0.4, 0.5) is 4.79 Å². The number of likely N-dealkylation sites (tertiary alicyclic amines) is 1. The Labute approximate surface area is 97.4 Å². The molecule has 1 aliphatic heterocycles. The number of rotatable bonds is 3. The van der Waals surface area contributed by atoms with Crippen LogP contribution in [0.3, 0.4) is 0 Å². The van der Waals surface area contributed by atoms with Crippen LogP contribution in [0.15, 0.2) is 18.3 Å². The number of hydrogen-bond acceptors (Lipinski definition) is 4. The lowest BCUT2D eigenvalue weighted by Gasteiger charge is -2.36. The topological polar surface area (TPSA) is 95.4 Å². The smallest absolute Gasteiger partial charge is 0.317 e. The summed E-state index contributed by atoms with van der Waals surface area (Å²) in [7, 11) is 0. The minimum atomic E-state index is -0.858. The highest BCUT2D eigenvalue weighted by Gasteiger charge is 2.35. The van der Waals surface area contributed by atoms with E-state index in [0.717, 1.165) is 0 Å². The molecule has 2 heterocycles. The van der Waals surface area contributed by atoms with Gasteiger partial charge in [-0.05, 0) is 12.1 Å². The van der Waals surface area contributed by atoms with E-state index in [4.69, 9.17) is 5.11 Å². The molecule has 1 aromatic heterocycles. The molecule has 0 saturated carbocycles. The molecule has 0 spiro atoms. The number of aromatic nitrogens is 2. The molecule has 1 saturated heterocycles. The Morgan fingerprint density at radius 2 is 2.29 bits per heavy atom. The molecule has 1 fully saturated rings. The lowest BCUT2D eigenvalue weighted by molar-refractivity contribution is -0.146. The largest absolute Gasteiger partial charge is 0.481 e. The maximum Gasteiger partial charge on any atom is 0.317 e. The first kappa shape index (κ1) is 11.3. The highest BCUT2D eigenvalue weighted by Crippen LogP contribution is 2.15. The number of hydrogen-bond donors (Lipinski definition) is 2. The van der Waals surface area contributed by atoms with Crippen molar-refractivity contribution in [3.63, 3.8) is 0 Å². The van der Waals surface area contributed by atoms with Gasteiger partial charge < -0.3 is 15.3 Å². The van der Waals surface area contributed by atoms with Gasteiger partial charge in [-0.25, -0.2) is 4.79 Å². The summed E-state index contributed by atoms with van der Waals surface area (Å²) in [5.41, 5.74) is 0.663. The molecular formula is C10H12N4O3. The SMILES string of the molecule is O=C(O)C1CN(C(=O)NCc2cccnn2)C1. The summed E-state index contributed by atoms with van der Waals surface area (Å²) in [6, 6.07) is 3.22. The molecule has 2 amide bonds. The van der Waals surface area contributed by atoms with E-state index in [2.05, 4.69) is 15.5 Å². The van der Waals surface area contributed by atoms with Crippen LogP contribution in [0, 0.1) is 5.92 Å². The third kappa shape index (κ3) is 2.68. The van der Waals surface area contributed by atoms with Crippen molar-refractivity contribution in [1.82, 2.24) is 20.4 Å². The van der Waals surface area contributed by atoms with Crippen LogP contribution in [0.2, 0.25) is 0 Å². The quantitative estimate of drug-likeness (QED) is 0.751. The number of aliphatic carboxylic acids is 1. The van der Waals surface area contributed by atoms with E-state index in [-0.39, 0.29) is 19.1 Å². The van der Waals surface area contributed by atoms with E-state index in [1.807, 2.05) is 0 Å². The van der Waals surface area contributed by atoms with E-state index >= 15 is 0 Å². The maximum absolute atomic E-state index is 11.5. The van der Waals surface area contributed by atoms with Crippen LogP contribution in [-0.4, -0.2) is 45.3 Å². The van der Waals surface area contributed by atoms with Crippen molar-refractivity contribution in [2.75, 3.05) is 13.1 Å². The molecule has 17 heavy (non-hydrogen) atoms. The molecule has 2 rings (SSSR count). The predicted molar refractivity (Wildman–Crippen MR) is 57.0 cm³/mol. The number of nitrogens with zero attached hydrogens (tertiary/aromatic N) is 3. The zero-order valence-electron chi connectivity index (χ0n) is 9.04. The normalized spacial score (nSPS) is 15.2. The maximum atomic E-state index is 11.5. The van der Waals surface area contributed by atoms with Gasteiger partial charge in [-0.1, -0.05) is 0 Å². The van der Waals surface area contributed by atoms with Crippen LogP contribution in [0.1, 0.15) is 5.69 Å². The van der Waals surface area contributed by atoms with E-state index in [1.54, 1.807) is 18.3 Å². The Morgan fingerprint density at radius 1 is 1.53 bits per heavy atom. The molecular weight excluding hydrogens is 224 g/mol. The third-order valence-corrected chi connectivity index (χ3v) is 2.57. The van der Waals surface area contributed by atoms with Gasteiger partial charge in [0, 0.05) is 19.3 Å². The van der Waals surface area contributed by atoms with E-state index in [0.29, 0.717) is 12.2 Å². The second-order valence-corrected chi connectivity index (χ2v) is 3.81. The minimum absolute atomic E-state index is 0.266. The molecule has 1 aliphatic rings. The second kappa shape index (κ2) is 4.77. The van der Waals surface area contributed by atoms with Crippen molar-refractivity contribution in [2.24, 2.45) is 5.92 Å². The van der Waals surface area contributed by atoms with Crippen LogP contribution in [-0.2, 0) is 11.3 Å². The summed E-state index contributed by atoms with van der Waals surface area (Å²) >= 11 is 0. The van der Waals surface area contributed by atoms with Gasteiger partial charge in [0.1, 0.15) is 0 Å². The van der Waals surface area contributed by atoms with Gasteiger partial charge >= 0.3 is 12.0 Å². The fraction of sp³-hybridized carbons (Fsp3) is 0.400. The Bertz CT molecular complexity index is 417. The van der Waals surface area contributed by atoms with Gasteiger partial charge in [0.2, 0.25) is 0 Å². The number of carboxylic acid groups (broad SMARTS) is 1. The molecule has 0 aromatic carbocycles. The average molecular weight is 236 g/mol. The summed E-state index contributed by atoms with van der Waals surface area (Å²) < 4.78 is 0. The molecule has 0 atom stereocenters. The van der Waals surface area contributed by atoms with Gasteiger partial charge in [0.25, 0.3) is 0 Å². The third-order valence-electron chi connectivity index (χ3n) is 2.57. The Morgan fingerprint density at radius 3 is 2.88 bits per heavy atom. The molecule has 7 nitrogen and oxygen atoms in total. The van der Waals surface area contributed by atoms with Crippen molar-refractivity contribution < 1.29 is 14.7 Å². The first-order valence-electron chi connectivity index (χ1n) is 5.19. The number of urea groups is 1. The van der Waals surface area contributed by atoms with Crippen LogP contribution in [0.25, 0.3) is 0 Å². The van der Waals surface area contributed by atoms with Crippen LogP contribution < -0.4 is 5.32 Å². The van der Waals surface area contributed by atoms with Crippen molar-refractivity contribution >= 4 is 12.0 Å². The monoisotopic (exact) mass is 236 g/mol. The standard InChI is InChI=1S/C10H12N4O3/c15-9(16)7-5-14(6-7)10(17)11-4-8-2-1-3-12-13-8/h1-3,7H,4-6H2,(H,11,17)(H,15,16). The molecule has 0 bridgehead atoms. The first-order valence-corrected chi connectivity index (χ1v) is 5.19. The van der Waals surface area contributed by atoms with Crippen molar-refractivity contribution in [3.05, 3.63) is 24.0 Å². The minimum Gasteiger partial charge on any atom is -0.481 e. The fourth-order valence-electron chi connectivity index (χ4n) is 1.51. The molecule has 7 heteroatoms. The fourth-order valence-corrected chi connectivity index (χ4v) is 1.51. The van der Waals surface area contributed by atoms with Gasteiger partial charge in [-0.3, -0.25) is 4.79 Å². The predicted octanol–water partition coefficient (Wildman–Crippen LogP) is -0.297. The van der Waals surface area contributed by atoms with Gasteiger partial charge in [-0.2, -0.15) is 10.2 Å². The van der Waals surface area contributed by atoms with Gasteiger partial charge in [0.05, 0.1) is 18.2 Å². The number of carbonyl (C=O) groups excluding carboxylic acids is 1. The highest BCUT2D eigenvalue weighted by molar-refractivity contribution is 5.79. The molecule has 90 valence electrons. The van der Waals surface area contributed by atoms with Crippen molar-refractivity contribution in [3.8, 4) is 0 Å². The highest BCUT2D eigenvalue weighted by atomic mass is 16.4. The van der Waals surface area contributed by atoms with E-state index < -0.39 is 11.9 Å². The zero-order chi connectivity index (χ0) is 12.3. The number of carbonyl (C=O) groups is 2. The van der Waals surface area contributed by atoms with Crippen LogP contribution >= 0.6 is 0 Å². The molecule has 1 aromatic rings. The Hall–Kier alpha value is -2.18. The van der Waals surface area contributed by atoms with Gasteiger partial charge in [-0.15, -0.1) is 0 Å². The second-order valence-electron chi connectivity index (χ2n) is 3.81.